The first-order chi connectivity index (χ1) is 8.55. The van der Waals surface area contributed by atoms with Crippen LogP contribution in [0.5, 0.6) is 11.5 Å². The topological polar surface area (TPSA) is 21.3 Å². The Kier molecular flexibility index (Phi) is 4.27. The maximum atomic E-state index is 12.9. The third-order valence-corrected chi connectivity index (χ3v) is 2.70. The fourth-order valence-electron chi connectivity index (χ4n) is 1.89. The Labute approximate surface area is 150 Å². The van der Waals surface area contributed by atoms with Crippen molar-refractivity contribution in [1.82, 2.24) is 0 Å². The molecule has 2 nitrogen and oxygen atoms in total. The molecule has 0 aliphatic carbocycles. The molecule has 2 aromatic carbocycles. The number of nitrogens with one attached hydrogen (secondary N) is 1. The fraction of sp³-hybridized carbons (Fsp3) is 0.0769. The first-order valence-corrected chi connectivity index (χ1v) is 5.30. The van der Waals surface area contributed by atoms with E-state index in [-0.39, 0.29) is 62.8 Å². The van der Waals surface area contributed by atoms with Gasteiger partial charge in [-0.05, 0) is 24.3 Å². The maximum Gasteiger partial charge on any atom is 0.418 e. The minimum absolute atomic E-state index is 0. The molecule has 0 aromatic heterocycles. The van der Waals surface area contributed by atoms with Crippen molar-refractivity contribution in [2.45, 2.75) is 6.18 Å². The molecule has 1 aliphatic rings. The second-order valence-electron chi connectivity index (χ2n) is 3.90. The molecule has 3 rings (SSSR count). The molecule has 19 heavy (non-hydrogen) atoms. The number of rotatable bonds is 0. The predicted molar refractivity (Wildman–Crippen MR) is 67.0 cm³/mol. The van der Waals surface area contributed by atoms with Crippen LogP contribution in [0.3, 0.4) is 0 Å². The van der Waals surface area contributed by atoms with Crippen molar-refractivity contribution in [2.24, 2.45) is 0 Å². The van der Waals surface area contributed by atoms with E-state index in [1.54, 1.807) is 24.3 Å². The number of alkyl halides is 3. The van der Waals surface area contributed by atoms with Gasteiger partial charge in [0.15, 0.2) is 11.5 Å². The summed E-state index contributed by atoms with van der Waals surface area (Å²) >= 11 is 0. The van der Waals surface area contributed by atoms with Gasteiger partial charge in [0.25, 0.3) is 0 Å². The largest absolute Gasteiger partial charge is 0.453 e. The number of hydrogen-bond donors (Lipinski definition) is 1. The second kappa shape index (κ2) is 5.45. The molecule has 0 fully saturated rings. The second-order valence-corrected chi connectivity index (χ2v) is 3.90. The van der Waals surface area contributed by atoms with Crippen molar-refractivity contribution >= 4 is 62.8 Å². The van der Waals surface area contributed by atoms with Gasteiger partial charge in [-0.3, -0.25) is 0 Å². The molecule has 0 amide bonds. The van der Waals surface area contributed by atoms with E-state index >= 15 is 0 Å². The summed E-state index contributed by atoms with van der Waals surface area (Å²) in [5.41, 5.74) is -0.236. The average molecular weight is 290 g/mol. The number of halogens is 3. The van der Waals surface area contributed by atoms with Gasteiger partial charge in [-0.2, -0.15) is 13.2 Å². The molecule has 1 heterocycles. The van der Waals surface area contributed by atoms with Crippen LogP contribution in [0.1, 0.15) is 5.56 Å². The first kappa shape index (κ1) is 14.9. The third-order valence-electron chi connectivity index (χ3n) is 2.70. The van der Waals surface area contributed by atoms with Crippen molar-refractivity contribution in [1.29, 1.82) is 0 Å². The number of anilines is 2. The van der Waals surface area contributed by atoms with Crippen LogP contribution in [0.4, 0.5) is 24.5 Å². The van der Waals surface area contributed by atoms with E-state index in [1.165, 1.54) is 12.1 Å². The number of hydrogen-bond acceptors (Lipinski definition) is 2. The number of benzene rings is 2. The van der Waals surface area contributed by atoms with Crippen LogP contribution in [-0.2, 0) is 6.18 Å². The van der Waals surface area contributed by atoms with Crippen LogP contribution in [0.25, 0.3) is 0 Å². The van der Waals surface area contributed by atoms with Gasteiger partial charge < -0.3 is 10.1 Å². The predicted octanol–water partition coefficient (Wildman–Crippen LogP) is 4.17. The summed E-state index contributed by atoms with van der Waals surface area (Å²) < 4.78 is 44.0. The van der Waals surface area contributed by atoms with Gasteiger partial charge >= 0.3 is 6.18 Å². The fourth-order valence-corrected chi connectivity index (χ4v) is 1.89. The van der Waals surface area contributed by atoms with E-state index in [0.717, 1.165) is 6.07 Å². The normalized spacial score (nSPS) is 12.4. The summed E-state index contributed by atoms with van der Waals surface area (Å²) in [5.74, 6) is 0.702. The summed E-state index contributed by atoms with van der Waals surface area (Å²) in [7, 11) is 0. The molecule has 1 aliphatic heterocycles. The quantitative estimate of drug-likeness (QED) is 0.627. The molecule has 93 valence electrons. The Morgan fingerprint density at radius 2 is 1.58 bits per heavy atom. The van der Waals surface area contributed by atoms with E-state index in [0.29, 0.717) is 11.4 Å². The number of ether oxygens (including phenoxy) is 1. The summed E-state index contributed by atoms with van der Waals surface area (Å²) in [6.07, 6.45) is -4.41. The van der Waals surface area contributed by atoms with Gasteiger partial charge in [0.05, 0.1) is 16.9 Å². The Balaban J connectivity index is 0.00000133. The smallest absolute Gasteiger partial charge is 0.418 e. The standard InChI is InChI=1S/C13H8F3NO.K/c14-13(15,16)8-4-3-7-11-12(8)17-9-5-1-2-6-10(9)18-11;/h1-7,17H;. The Hall–Kier alpha value is -0.534. The van der Waals surface area contributed by atoms with E-state index in [2.05, 4.69) is 5.32 Å². The van der Waals surface area contributed by atoms with Crippen molar-refractivity contribution < 1.29 is 17.9 Å². The molecule has 2 aromatic rings. The van der Waals surface area contributed by atoms with Crippen molar-refractivity contribution in [2.75, 3.05) is 5.32 Å². The van der Waals surface area contributed by atoms with E-state index in [1.807, 2.05) is 0 Å². The molecule has 0 atom stereocenters. The molecule has 6 heteroatoms. The molecule has 0 bridgehead atoms. The Morgan fingerprint density at radius 3 is 2.32 bits per heavy atom. The van der Waals surface area contributed by atoms with Crippen LogP contribution in [-0.4, -0.2) is 51.4 Å². The summed E-state index contributed by atoms with van der Waals surface area (Å²) in [6, 6.07) is 10.7. The molecule has 0 unspecified atom stereocenters. The minimum Gasteiger partial charge on any atom is -0.453 e. The van der Waals surface area contributed by atoms with Crippen LogP contribution >= 0.6 is 0 Å². The molecule has 1 N–H and O–H groups in total. The molecule has 0 spiro atoms. The molecular weight excluding hydrogens is 282 g/mol. The molecular formula is C13H8F3KNO. The van der Waals surface area contributed by atoms with Gasteiger partial charge in [-0.25, -0.2) is 0 Å². The van der Waals surface area contributed by atoms with Gasteiger partial charge in [0.1, 0.15) is 0 Å². The van der Waals surface area contributed by atoms with E-state index in [9.17, 15) is 13.2 Å². The van der Waals surface area contributed by atoms with Gasteiger partial charge in [-0.15, -0.1) is 0 Å². The van der Waals surface area contributed by atoms with Gasteiger partial charge in [-0.1, -0.05) is 18.2 Å². The van der Waals surface area contributed by atoms with E-state index < -0.39 is 11.7 Å². The average Bonchev–Trinajstić information content (AvgIpc) is 2.34. The summed E-state index contributed by atoms with van der Waals surface area (Å²) in [4.78, 5) is 0. The number of fused-ring (bicyclic) bond motifs is 2. The Bertz CT molecular complexity index is 613. The van der Waals surface area contributed by atoms with Gasteiger partial charge in [0.2, 0.25) is 0 Å². The van der Waals surface area contributed by atoms with Crippen molar-refractivity contribution in [3.63, 3.8) is 0 Å². The van der Waals surface area contributed by atoms with Crippen molar-refractivity contribution in [3.05, 3.63) is 48.0 Å². The number of para-hydroxylation sites is 3. The van der Waals surface area contributed by atoms with E-state index in [4.69, 9.17) is 4.74 Å². The maximum absolute atomic E-state index is 12.9. The van der Waals surface area contributed by atoms with Gasteiger partial charge in [0, 0.05) is 51.4 Å². The molecule has 0 saturated carbocycles. The molecule has 1 radical (unpaired) electrons. The van der Waals surface area contributed by atoms with Crippen LogP contribution in [0, 0.1) is 0 Å². The summed E-state index contributed by atoms with van der Waals surface area (Å²) in [6.45, 7) is 0. The van der Waals surface area contributed by atoms with Crippen molar-refractivity contribution in [3.8, 4) is 11.5 Å². The third kappa shape index (κ3) is 2.82. The molecule has 0 saturated heterocycles. The SMILES string of the molecule is FC(F)(F)c1cccc2c1Nc1ccccc1O2.[K]. The monoisotopic (exact) mass is 290 g/mol. The zero-order valence-electron chi connectivity index (χ0n) is 10.1. The van der Waals surface area contributed by atoms with Crippen LogP contribution in [0.15, 0.2) is 42.5 Å². The zero-order valence-corrected chi connectivity index (χ0v) is 13.2. The van der Waals surface area contributed by atoms with Crippen LogP contribution in [0.2, 0.25) is 0 Å². The minimum atomic E-state index is -4.41. The zero-order chi connectivity index (χ0) is 12.8. The summed E-state index contributed by atoms with van der Waals surface area (Å²) in [5, 5.41) is 2.77. The van der Waals surface area contributed by atoms with Crippen LogP contribution < -0.4 is 10.1 Å². The Morgan fingerprint density at radius 1 is 0.895 bits per heavy atom. The first-order valence-electron chi connectivity index (χ1n) is 5.30.